The van der Waals surface area contributed by atoms with Gasteiger partial charge in [-0.1, -0.05) is 0 Å². The molecule has 2 aromatic rings. The lowest BCUT2D eigenvalue weighted by molar-refractivity contribution is 0.1000. The van der Waals surface area contributed by atoms with Crippen LogP contribution in [0.25, 0.3) is 0 Å². The van der Waals surface area contributed by atoms with Gasteiger partial charge in [0.1, 0.15) is 0 Å². The first-order chi connectivity index (χ1) is 8.25. The standard InChI is InChI=1S/C12H11N3O2/c13-12(16)7-1-2-10-9(5-7)11(15-14-10)8-3-4-17-6-8/h1-6,11,14-15H,(H2,13,16). The number of primary amides is 1. The Morgan fingerprint density at radius 3 is 2.94 bits per heavy atom. The van der Waals surface area contributed by atoms with E-state index in [4.69, 9.17) is 10.2 Å². The molecule has 3 rings (SSSR count). The highest BCUT2D eigenvalue weighted by molar-refractivity contribution is 5.93. The van der Waals surface area contributed by atoms with Crippen molar-refractivity contribution in [3.8, 4) is 0 Å². The number of hydrogen-bond donors (Lipinski definition) is 3. The maximum absolute atomic E-state index is 11.2. The number of nitrogens with two attached hydrogens (primary N) is 1. The summed E-state index contributed by atoms with van der Waals surface area (Å²) in [5.41, 5.74) is 14.9. The van der Waals surface area contributed by atoms with Gasteiger partial charge in [0.2, 0.25) is 5.91 Å². The molecule has 5 heteroatoms. The minimum absolute atomic E-state index is 0.0250. The molecule has 86 valence electrons. The SMILES string of the molecule is NC(=O)c1ccc2c(c1)C(c1ccoc1)NN2. The number of carbonyl (C=O) groups excluding carboxylic acids is 1. The Bertz CT molecular complexity index is 563. The fraction of sp³-hybridized carbons (Fsp3) is 0.0833. The van der Waals surface area contributed by atoms with Gasteiger partial charge in [0.05, 0.1) is 24.3 Å². The zero-order chi connectivity index (χ0) is 11.8. The second kappa shape index (κ2) is 3.64. The average Bonchev–Trinajstić information content (AvgIpc) is 2.96. The van der Waals surface area contributed by atoms with Gasteiger partial charge < -0.3 is 15.6 Å². The number of amides is 1. The molecular formula is C12H11N3O2. The highest BCUT2D eigenvalue weighted by atomic mass is 16.3. The van der Waals surface area contributed by atoms with E-state index in [0.29, 0.717) is 5.56 Å². The third-order valence-corrected chi connectivity index (χ3v) is 2.87. The van der Waals surface area contributed by atoms with Crippen molar-refractivity contribution in [3.63, 3.8) is 0 Å². The second-order valence-corrected chi connectivity index (χ2v) is 3.93. The van der Waals surface area contributed by atoms with Gasteiger partial charge in [-0.05, 0) is 24.3 Å². The van der Waals surface area contributed by atoms with E-state index in [0.717, 1.165) is 16.8 Å². The van der Waals surface area contributed by atoms with E-state index >= 15 is 0 Å². The van der Waals surface area contributed by atoms with Crippen molar-refractivity contribution >= 4 is 11.6 Å². The first-order valence-electron chi connectivity index (χ1n) is 5.23. The predicted octanol–water partition coefficient (Wildman–Crippen LogP) is 1.40. The second-order valence-electron chi connectivity index (χ2n) is 3.93. The molecule has 1 atom stereocenters. The van der Waals surface area contributed by atoms with Crippen LogP contribution in [-0.2, 0) is 0 Å². The van der Waals surface area contributed by atoms with Gasteiger partial charge in [-0.3, -0.25) is 4.79 Å². The maximum atomic E-state index is 11.2. The molecule has 17 heavy (non-hydrogen) atoms. The lowest BCUT2D eigenvalue weighted by Gasteiger charge is -2.08. The molecule has 5 nitrogen and oxygen atoms in total. The summed E-state index contributed by atoms with van der Waals surface area (Å²) in [7, 11) is 0. The molecule has 1 aromatic carbocycles. The number of furan rings is 1. The fourth-order valence-electron chi connectivity index (χ4n) is 2.00. The normalized spacial score (nSPS) is 17.5. The van der Waals surface area contributed by atoms with Gasteiger partial charge in [-0.15, -0.1) is 0 Å². The van der Waals surface area contributed by atoms with Gasteiger partial charge in [0.25, 0.3) is 0 Å². The van der Waals surface area contributed by atoms with Crippen molar-refractivity contribution in [1.82, 2.24) is 5.43 Å². The van der Waals surface area contributed by atoms with Crippen LogP contribution < -0.4 is 16.6 Å². The lowest BCUT2D eigenvalue weighted by Crippen LogP contribution is -2.19. The molecule has 0 fully saturated rings. The number of hydrazine groups is 1. The number of hydrogen-bond acceptors (Lipinski definition) is 4. The number of benzene rings is 1. The lowest BCUT2D eigenvalue weighted by atomic mass is 9.99. The van der Waals surface area contributed by atoms with Gasteiger partial charge >= 0.3 is 0 Å². The van der Waals surface area contributed by atoms with E-state index in [1.54, 1.807) is 24.7 Å². The summed E-state index contributed by atoms with van der Waals surface area (Å²) in [6.45, 7) is 0. The van der Waals surface area contributed by atoms with Gasteiger partial charge in [0.15, 0.2) is 0 Å². The van der Waals surface area contributed by atoms with Crippen LogP contribution in [-0.4, -0.2) is 5.91 Å². The minimum atomic E-state index is -0.425. The first kappa shape index (κ1) is 9.92. The third-order valence-electron chi connectivity index (χ3n) is 2.87. The molecule has 0 saturated heterocycles. The van der Waals surface area contributed by atoms with Crippen LogP contribution in [0.5, 0.6) is 0 Å². The molecule has 0 spiro atoms. The molecule has 0 bridgehead atoms. The van der Waals surface area contributed by atoms with Gasteiger partial charge in [-0.2, -0.15) is 0 Å². The molecule has 1 aromatic heterocycles. The van der Waals surface area contributed by atoms with E-state index in [1.165, 1.54) is 0 Å². The van der Waals surface area contributed by atoms with E-state index < -0.39 is 5.91 Å². The fourth-order valence-corrected chi connectivity index (χ4v) is 2.00. The smallest absolute Gasteiger partial charge is 0.248 e. The molecular weight excluding hydrogens is 218 g/mol. The Balaban J connectivity index is 2.06. The highest BCUT2D eigenvalue weighted by Gasteiger charge is 2.24. The van der Waals surface area contributed by atoms with Crippen LogP contribution in [0, 0.1) is 0 Å². The van der Waals surface area contributed by atoms with Crippen molar-refractivity contribution in [1.29, 1.82) is 0 Å². The number of rotatable bonds is 2. The van der Waals surface area contributed by atoms with Gasteiger partial charge in [-0.25, -0.2) is 5.43 Å². The van der Waals surface area contributed by atoms with Crippen molar-refractivity contribution in [2.75, 3.05) is 5.43 Å². The molecule has 4 N–H and O–H groups in total. The Morgan fingerprint density at radius 2 is 2.24 bits per heavy atom. The summed E-state index contributed by atoms with van der Waals surface area (Å²) in [5.74, 6) is -0.425. The Morgan fingerprint density at radius 1 is 1.35 bits per heavy atom. The van der Waals surface area contributed by atoms with Gasteiger partial charge in [0, 0.05) is 16.7 Å². The van der Waals surface area contributed by atoms with Crippen LogP contribution in [0.2, 0.25) is 0 Å². The van der Waals surface area contributed by atoms with Crippen molar-refractivity contribution in [3.05, 3.63) is 53.5 Å². The molecule has 1 amide bonds. The summed E-state index contributed by atoms with van der Waals surface area (Å²) >= 11 is 0. The average molecular weight is 229 g/mol. The number of fused-ring (bicyclic) bond motifs is 1. The third kappa shape index (κ3) is 1.57. The monoisotopic (exact) mass is 229 g/mol. The van der Waals surface area contributed by atoms with Crippen molar-refractivity contribution < 1.29 is 9.21 Å². The number of anilines is 1. The summed E-state index contributed by atoms with van der Waals surface area (Å²) in [6, 6.07) is 7.19. The predicted molar refractivity (Wildman–Crippen MR) is 62.3 cm³/mol. The topological polar surface area (TPSA) is 80.3 Å². The molecule has 0 aliphatic carbocycles. The maximum Gasteiger partial charge on any atom is 0.248 e. The van der Waals surface area contributed by atoms with Crippen LogP contribution >= 0.6 is 0 Å². The summed E-state index contributed by atoms with van der Waals surface area (Å²) in [4.78, 5) is 11.2. The minimum Gasteiger partial charge on any atom is -0.472 e. The van der Waals surface area contributed by atoms with E-state index in [1.807, 2.05) is 12.1 Å². The molecule has 0 saturated carbocycles. The molecule has 1 aliphatic rings. The number of nitrogens with one attached hydrogen (secondary N) is 2. The quantitative estimate of drug-likeness (QED) is 0.727. The zero-order valence-corrected chi connectivity index (χ0v) is 8.94. The van der Waals surface area contributed by atoms with Crippen LogP contribution in [0.1, 0.15) is 27.5 Å². The molecule has 2 heterocycles. The van der Waals surface area contributed by atoms with E-state index in [-0.39, 0.29) is 6.04 Å². The number of carbonyl (C=O) groups is 1. The Kier molecular flexibility index (Phi) is 2.12. The van der Waals surface area contributed by atoms with Crippen LogP contribution in [0.3, 0.4) is 0 Å². The van der Waals surface area contributed by atoms with E-state index in [9.17, 15) is 4.79 Å². The van der Waals surface area contributed by atoms with Crippen LogP contribution in [0.4, 0.5) is 5.69 Å². The molecule has 0 radical (unpaired) electrons. The van der Waals surface area contributed by atoms with Crippen molar-refractivity contribution in [2.45, 2.75) is 6.04 Å². The first-order valence-corrected chi connectivity index (χ1v) is 5.23. The van der Waals surface area contributed by atoms with Crippen molar-refractivity contribution in [2.24, 2.45) is 5.73 Å². The van der Waals surface area contributed by atoms with Crippen LogP contribution in [0.15, 0.2) is 41.2 Å². The molecule has 1 unspecified atom stereocenters. The highest BCUT2D eigenvalue weighted by Crippen LogP contribution is 2.33. The Hall–Kier alpha value is -2.27. The Labute approximate surface area is 97.6 Å². The molecule has 1 aliphatic heterocycles. The zero-order valence-electron chi connectivity index (χ0n) is 8.94. The summed E-state index contributed by atoms with van der Waals surface area (Å²) in [6.07, 6.45) is 3.29. The summed E-state index contributed by atoms with van der Waals surface area (Å²) < 4.78 is 5.06. The van der Waals surface area contributed by atoms with E-state index in [2.05, 4.69) is 10.9 Å². The largest absolute Gasteiger partial charge is 0.472 e. The summed E-state index contributed by atoms with van der Waals surface area (Å²) in [5, 5.41) is 0.